The molecule has 0 aliphatic carbocycles. The predicted molar refractivity (Wildman–Crippen MR) is 104 cm³/mol. The molecule has 23 heavy (non-hydrogen) atoms. The highest BCUT2D eigenvalue weighted by atomic mass is 79.9. The van der Waals surface area contributed by atoms with Gasteiger partial charge < -0.3 is 4.90 Å². The quantitative estimate of drug-likeness (QED) is 0.365. The smallest absolute Gasteiger partial charge is 0.101 e. The van der Waals surface area contributed by atoms with Crippen LogP contribution in [0.2, 0.25) is 0 Å². The molecule has 0 N–H and O–H groups in total. The maximum absolute atomic E-state index is 3.59. The number of thiophene rings is 1. The van der Waals surface area contributed by atoms with Crippen LogP contribution in [0.4, 0.5) is 16.4 Å². The lowest BCUT2D eigenvalue weighted by atomic mass is 10.1. The van der Waals surface area contributed by atoms with Crippen molar-refractivity contribution in [1.82, 2.24) is 0 Å². The van der Waals surface area contributed by atoms with Crippen molar-refractivity contribution >= 4 is 54.4 Å². The molecule has 1 heterocycles. The molecule has 3 aromatic carbocycles. The van der Waals surface area contributed by atoms with E-state index in [0.717, 1.165) is 3.79 Å². The molecule has 0 aliphatic rings. The zero-order valence-electron chi connectivity index (χ0n) is 12.3. The second-order valence-corrected chi connectivity index (χ2v) is 7.69. The number of anilines is 3. The van der Waals surface area contributed by atoms with Gasteiger partial charge in [-0.2, -0.15) is 0 Å². The van der Waals surface area contributed by atoms with Gasteiger partial charge in [-0.15, -0.1) is 11.3 Å². The van der Waals surface area contributed by atoms with E-state index in [0.29, 0.717) is 0 Å². The van der Waals surface area contributed by atoms with Gasteiger partial charge in [-0.3, -0.25) is 0 Å². The summed E-state index contributed by atoms with van der Waals surface area (Å²) in [4.78, 5) is 2.32. The number of fused-ring (bicyclic) bond motifs is 1. The average Bonchev–Trinajstić information content (AvgIpc) is 3.02. The van der Waals surface area contributed by atoms with Gasteiger partial charge in [0, 0.05) is 11.1 Å². The van der Waals surface area contributed by atoms with Gasteiger partial charge in [-0.1, -0.05) is 54.6 Å². The molecule has 112 valence electrons. The highest BCUT2D eigenvalue weighted by Gasteiger charge is 2.16. The highest BCUT2D eigenvalue weighted by molar-refractivity contribution is 9.11. The third kappa shape index (κ3) is 2.78. The van der Waals surface area contributed by atoms with Crippen molar-refractivity contribution in [3.63, 3.8) is 0 Å². The molecule has 0 radical (unpaired) electrons. The summed E-state index contributed by atoms with van der Waals surface area (Å²) in [5.41, 5.74) is 2.36. The van der Waals surface area contributed by atoms with Gasteiger partial charge in [0.2, 0.25) is 0 Å². The standard InChI is InChI=1S/C20H14BrNS/c21-19-13-14-20(23-19)22(16-9-2-1-3-10-16)18-12-6-8-15-7-4-5-11-17(15)18/h1-14H. The van der Waals surface area contributed by atoms with E-state index in [2.05, 4.69) is 106 Å². The van der Waals surface area contributed by atoms with Gasteiger partial charge in [0.15, 0.2) is 0 Å². The van der Waals surface area contributed by atoms with Crippen LogP contribution in [0.25, 0.3) is 10.8 Å². The van der Waals surface area contributed by atoms with E-state index in [1.54, 1.807) is 11.3 Å². The average molecular weight is 380 g/mol. The van der Waals surface area contributed by atoms with Crippen molar-refractivity contribution < 1.29 is 0 Å². The number of rotatable bonds is 3. The largest absolute Gasteiger partial charge is 0.301 e. The van der Waals surface area contributed by atoms with E-state index in [1.165, 1.54) is 27.1 Å². The molecule has 0 unspecified atom stereocenters. The van der Waals surface area contributed by atoms with Crippen LogP contribution < -0.4 is 4.90 Å². The van der Waals surface area contributed by atoms with Crippen molar-refractivity contribution in [3.05, 3.63) is 88.7 Å². The van der Waals surface area contributed by atoms with Crippen molar-refractivity contribution in [2.24, 2.45) is 0 Å². The third-order valence-electron chi connectivity index (χ3n) is 3.80. The zero-order valence-corrected chi connectivity index (χ0v) is 14.7. The van der Waals surface area contributed by atoms with Gasteiger partial charge >= 0.3 is 0 Å². The van der Waals surface area contributed by atoms with E-state index in [4.69, 9.17) is 0 Å². The van der Waals surface area contributed by atoms with Crippen LogP contribution in [-0.4, -0.2) is 0 Å². The lowest BCUT2D eigenvalue weighted by Gasteiger charge is -2.25. The molecule has 1 nitrogen and oxygen atoms in total. The van der Waals surface area contributed by atoms with Crippen molar-refractivity contribution in [2.45, 2.75) is 0 Å². The molecular weight excluding hydrogens is 366 g/mol. The minimum atomic E-state index is 1.13. The predicted octanol–water partition coefficient (Wildman–Crippen LogP) is 7.13. The molecule has 0 spiro atoms. The molecule has 0 saturated carbocycles. The summed E-state index contributed by atoms with van der Waals surface area (Å²) in [5.74, 6) is 0. The number of para-hydroxylation sites is 1. The molecule has 0 atom stereocenters. The first kappa shape index (κ1) is 14.5. The topological polar surface area (TPSA) is 3.24 Å². The molecule has 0 saturated heterocycles. The fourth-order valence-electron chi connectivity index (χ4n) is 2.79. The summed E-state index contributed by atoms with van der Waals surface area (Å²) >= 11 is 5.32. The van der Waals surface area contributed by atoms with Crippen LogP contribution in [0.1, 0.15) is 0 Å². The van der Waals surface area contributed by atoms with Crippen molar-refractivity contribution in [2.75, 3.05) is 4.90 Å². The van der Waals surface area contributed by atoms with Crippen LogP contribution in [0.15, 0.2) is 88.7 Å². The summed E-state index contributed by atoms with van der Waals surface area (Å²) in [6.07, 6.45) is 0. The van der Waals surface area contributed by atoms with Crippen LogP contribution in [0, 0.1) is 0 Å². The maximum atomic E-state index is 3.59. The monoisotopic (exact) mass is 379 g/mol. The summed E-state index contributed by atoms with van der Waals surface area (Å²) in [6.45, 7) is 0. The molecule has 1 aromatic heterocycles. The van der Waals surface area contributed by atoms with Gasteiger partial charge in [0.25, 0.3) is 0 Å². The second kappa shape index (κ2) is 6.19. The molecule has 3 heteroatoms. The molecule has 0 fully saturated rings. The number of benzene rings is 3. The number of hydrogen-bond acceptors (Lipinski definition) is 2. The van der Waals surface area contributed by atoms with Gasteiger partial charge in [0.1, 0.15) is 5.00 Å². The Hall–Kier alpha value is -2.10. The van der Waals surface area contributed by atoms with E-state index in [-0.39, 0.29) is 0 Å². The summed E-state index contributed by atoms with van der Waals surface area (Å²) < 4.78 is 1.13. The Morgan fingerprint density at radius 3 is 2.22 bits per heavy atom. The van der Waals surface area contributed by atoms with Crippen LogP contribution >= 0.6 is 27.3 Å². The van der Waals surface area contributed by atoms with Crippen LogP contribution in [0.3, 0.4) is 0 Å². The Kier molecular flexibility index (Phi) is 3.90. The molecule has 0 aliphatic heterocycles. The maximum Gasteiger partial charge on any atom is 0.101 e. The molecule has 0 amide bonds. The molecule has 0 bridgehead atoms. The lowest BCUT2D eigenvalue weighted by Crippen LogP contribution is -2.08. The number of halogens is 1. The number of nitrogens with zero attached hydrogens (tertiary/aromatic N) is 1. The minimum absolute atomic E-state index is 1.13. The highest BCUT2D eigenvalue weighted by Crippen LogP contribution is 2.42. The Morgan fingerprint density at radius 2 is 1.43 bits per heavy atom. The lowest BCUT2D eigenvalue weighted by molar-refractivity contribution is 1.33. The van der Waals surface area contributed by atoms with E-state index >= 15 is 0 Å². The Bertz CT molecular complexity index is 941. The van der Waals surface area contributed by atoms with Crippen LogP contribution in [-0.2, 0) is 0 Å². The fourth-order valence-corrected chi connectivity index (χ4v) is 4.19. The van der Waals surface area contributed by atoms with Crippen molar-refractivity contribution in [1.29, 1.82) is 0 Å². The summed E-state index contributed by atoms with van der Waals surface area (Å²) in [6, 6.07) is 29.7. The zero-order chi connectivity index (χ0) is 15.6. The second-order valence-electron chi connectivity index (χ2n) is 5.25. The number of hydrogen-bond donors (Lipinski definition) is 0. The van der Waals surface area contributed by atoms with Gasteiger partial charge in [-0.05, 0) is 51.6 Å². The first-order chi connectivity index (χ1) is 11.3. The molecule has 4 aromatic rings. The summed E-state index contributed by atoms with van der Waals surface area (Å²) in [7, 11) is 0. The molecule has 4 rings (SSSR count). The summed E-state index contributed by atoms with van der Waals surface area (Å²) in [5, 5.41) is 3.70. The van der Waals surface area contributed by atoms with E-state index < -0.39 is 0 Å². The fraction of sp³-hybridized carbons (Fsp3) is 0. The van der Waals surface area contributed by atoms with Crippen molar-refractivity contribution in [3.8, 4) is 0 Å². The normalized spacial score (nSPS) is 10.8. The van der Waals surface area contributed by atoms with Gasteiger partial charge in [-0.25, -0.2) is 0 Å². The van der Waals surface area contributed by atoms with E-state index in [1.807, 2.05) is 0 Å². The molecular formula is C20H14BrNS. The first-order valence-electron chi connectivity index (χ1n) is 7.41. The first-order valence-corrected chi connectivity index (χ1v) is 9.02. The Labute approximate surface area is 147 Å². The van der Waals surface area contributed by atoms with Crippen LogP contribution in [0.5, 0.6) is 0 Å². The minimum Gasteiger partial charge on any atom is -0.301 e. The van der Waals surface area contributed by atoms with E-state index in [9.17, 15) is 0 Å². The SMILES string of the molecule is Brc1ccc(N(c2ccccc2)c2cccc3ccccc23)s1. The Balaban J connectivity index is 1.98. The third-order valence-corrected chi connectivity index (χ3v) is 5.41. The van der Waals surface area contributed by atoms with Gasteiger partial charge in [0.05, 0.1) is 9.47 Å². The Morgan fingerprint density at radius 1 is 0.696 bits per heavy atom.